The van der Waals surface area contributed by atoms with Crippen LogP contribution in [0.15, 0.2) is 0 Å². The van der Waals surface area contributed by atoms with E-state index < -0.39 is 39.1 Å². The van der Waals surface area contributed by atoms with Gasteiger partial charge in [0.2, 0.25) is 0 Å². The molecule has 0 aromatic rings. The largest absolute Gasteiger partial charge is 0.705 e. The normalized spacial score (nSPS) is 10.4. The van der Waals surface area contributed by atoms with E-state index in [9.17, 15) is 19.2 Å². The number of carbonyl (C=O) groups excluding carboxylic acids is 3. The molecule has 0 aromatic carbocycles. The molecule has 8 nitrogen and oxygen atoms in total. The first-order valence-electron chi connectivity index (χ1n) is 4.97. The van der Waals surface area contributed by atoms with Gasteiger partial charge in [-0.15, -0.1) is 0 Å². The van der Waals surface area contributed by atoms with Gasteiger partial charge in [-0.25, -0.2) is 0 Å². The highest BCUT2D eigenvalue weighted by Gasteiger charge is 2.51. The first kappa shape index (κ1) is 16.1. The fourth-order valence-corrected chi connectivity index (χ4v) is 3.40. The Hall–Kier alpha value is -1.90. The van der Waals surface area contributed by atoms with E-state index in [1.807, 2.05) is 0 Å². The highest BCUT2D eigenvalue weighted by atomic mass is 28.4. The minimum Gasteiger partial charge on any atom is -0.481 e. The molecule has 0 aliphatic carbocycles. The van der Waals surface area contributed by atoms with Gasteiger partial charge in [0.05, 0.1) is 12.5 Å². The van der Waals surface area contributed by atoms with Crippen LogP contribution in [0.5, 0.6) is 0 Å². The minimum atomic E-state index is -3.98. The zero-order chi connectivity index (χ0) is 14.3. The average Bonchev–Trinajstić information content (AvgIpc) is 2.11. The SMILES string of the molecule is CC(=O)O[Si](CCC(=O)O)(OC(C)=O)OC(C)=O. The lowest BCUT2D eigenvalue weighted by Gasteiger charge is -2.25. The Morgan fingerprint density at radius 3 is 1.44 bits per heavy atom. The van der Waals surface area contributed by atoms with Gasteiger partial charge in [-0.2, -0.15) is 0 Å². The smallest absolute Gasteiger partial charge is 0.481 e. The molecule has 0 aliphatic heterocycles. The highest BCUT2D eigenvalue weighted by Crippen LogP contribution is 2.19. The molecule has 0 fully saturated rings. The molecule has 1 N–H and O–H groups in total. The first-order valence-corrected chi connectivity index (χ1v) is 6.90. The molecular weight excluding hydrogens is 264 g/mol. The van der Waals surface area contributed by atoms with Crippen molar-refractivity contribution in [1.82, 2.24) is 0 Å². The van der Waals surface area contributed by atoms with Crippen LogP contribution in [0.2, 0.25) is 6.04 Å². The molecule has 0 spiro atoms. The summed E-state index contributed by atoms with van der Waals surface area (Å²) in [5.41, 5.74) is 0. The monoisotopic (exact) mass is 278 g/mol. The maximum atomic E-state index is 10.9. The van der Waals surface area contributed by atoms with Gasteiger partial charge in [0.1, 0.15) is 0 Å². The van der Waals surface area contributed by atoms with Crippen LogP contribution in [-0.2, 0) is 32.5 Å². The molecule has 0 aliphatic rings. The highest BCUT2D eigenvalue weighted by molar-refractivity contribution is 6.65. The summed E-state index contributed by atoms with van der Waals surface area (Å²) in [5, 5.41) is 8.58. The Balaban J connectivity index is 5.08. The van der Waals surface area contributed by atoms with E-state index in [4.69, 9.17) is 18.4 Å². The summed E-state index contributed by atoms with van der Waals surface area (Å²) in [4.78, 5) is 43.4. The molecule has 9 heteroatoms. The van der Waals surface area contributed by atoms with Crippen molar-refractivity contribution in [2.24, 2.45) is 0 Å². The third-order valence-electron chi connectivity index (χ3n) is 1.54. The number of hydrogen-bond acceptors (Lipinski definition) is 7. The molecule has 0 unspecified atom stereocenters. The maximum Gasteiger partial charge on any atom is 0.705 e. The summed E-state index contributed by atoms with van der Waals surface area (Å²) in [7, 11) is -3.98. The Bertz CT molecular complexity index is 323. The van der Waals surface area contributed by atoms with Crippen molar-refractivity contribution in [3.05, 3.63) is 0 Å². The lowest BCUT2D eigenvalue weighted by Crippen LogP contribution is -2.49. The van der Waals surface area contributed by atoms with Crippen LogP contribution in [0.3, 0.4) is 0 Å². The number of rotatable bonds is 6. The topological polar surface area (TPSA) is 116 Å². The number of carbonyl (C=O) groups is 4. The molecule has 0 rings (SSSR count). The molecule has 0 atom stereocenters. The lowest BCUT2D eigenvalue weighted by molar-refractivity contribution is -0.149. The molecule has 0 bridgehead atoms. The molecule has 102 valence electrons. The van der Waals surface area contributed by atoms with Crippen molar-refractivity contribution in [2.45, 2.75) is 33.2 Å². The Morgan fingerprint density at radius 1 is 0.889 bits per heavy atom. The van der Waals surface area contributed by atoms with Gasteiger partial charge in [0.15, 0.2) is 0 Å². The van der Waals surface area contributed by atoms with E-state index in [0.29, 0.717) is 0 Å². The van der Waals surface area contributed by atoms with Gasteiger partial charge in [-0.05, 0) is 0 Å². The fourth-order valence-electron chi connectivity index (χ4n) is 1.13. The third kappa shape index (κ3) is 6.63. The molecule has 0 radical (unpaired) electrons. The molecule has 0 amide bonds. The Morgan fingerprint density at radius 2 is 1.22 bits per heavy atom. The molecule has 0 saturated heterocycles. The van der Waals surface area contributed by atoms with Crippen molar-refractivity contribution in [3.63, 3.8) is 0 Å². The number of carboxylic acid groups (broad SMARTS) is 1. The minimum absolute atomic E-state index is 0.360. The van der Waals surface area contributed by atoms with E-state index in [1.54, 1.807) is 0 Å². The average molecular weight is 278 g/mol. The van der Waals surface area contributed by atoms with E-state index in [2.05, 4.69) is 0 Å². The fraction of sp³-hybridized carbons (Fsp3) is 0.556. The molecule has 18 heavy (non-hydrogen) atoms. The van der Waals surface area contributed by atoms with Crippen molar-refractivity contribution >= 4 is 32.7 Å². The van der Waals surface area contributed by atoms with Crippen LogP contribution < -0.4 is 0 Å². The number of aliphatic carboxylic acids is 1. The molecular formula is C9H14O8Si. The summed E-state index contributed by atoms with van der Waals surface area (Å²) in [6, 6.07) is -0.360. The van der Waals surface area contributed by atoms with E-state index in [0.717, 1.165) is 20.8 Å². The van der Waals surface area contributed by atoms with Gasteiger partial charge >= 0.3 is 14.8 Å². The van der Waals surface area contributed by atoms with Gasteiger partial charge < -0.3 is 18.4 Å². The van der Waals surface area contributed by atoms with Crippen LogP contribution in [0, 0.1) is 0 Å². The van der Waals surface area contributed by atoms with Crippen molar-refractivity contribution in [3.8, 4) is 0 Å². The third-order valence-corrected chi connectivity index (χ3v) is 4.20. The van der Waals surface area contributed by atoms with Gasteiger partial charge in [0, 0.05) is 20.8 Å². The van der Waals surface area contributed by atoms with Crippen molar-refractivity contribution in [1.29, 1.82) is 0 Å². The zero-order valence-electron chi connectivity index (χ0n) is 10.2. The molecule has 0 heterocycles. The predicted molar refractivity (Wildman–Crippen MR) is 58.1 cm³/mol. The predicted octanol–water partition coefficient (Wildman–Crippen LogP) is 0.0893. The Labute approximate surface area is 104 Å². The lowest BCUT2D eigenvalue weighted by atomic mass is 10.5. The Kier molecular flexibility index (Phi) is 6.03. The second kappa shape index (κ2) is 6.74. The summed E-state index contributed by atoms with van der Waals surface area (Å²) in [5.74, 6) is -3.67. The van der Waals surface area contributed by atoms with Gasteiger partial charge in [-0.3, -0.25) is 19.2 Å². The quantitative estimate of drug-likeness (QED) is 0.679. The van der Waals surface area contributed by atoms with Gasteiger partial charge in [0.25, 0.3) is 17.9 Å². The number of hydrogen-bond donors (Lipinski definition) is 1. The molecule has 0 aromatic heterocycles. The second-order valence-corrected chi connectivity index (χ2v) is 5.84. The van der Waals surface area contributed by atoms with Crippen LogP contribution in [0.4, 0.5) is 0 Å². The standard InChI is InChI=1S/C9H14O8Si/c1-6(10)15-18(16-7(2)11,17-8(3)12)5-4-9(13)14/h4-5H2,1-3H3,(H,13,14). The van der Waals surface area contributed by atoms with Crippen LogP contribution in [0.1, 0.15) is 27.2 Å². The summed E-state index contributed by atoms with van der Waals surface area (Å²) >= 11 is 0. The van der Waals surface area contributed by atoms with E-state index in [-0.39, 0.29) is 6.04 Å². The zero-order valence-corrected chi connectivity index (χ0v) is 11.2. The summed E-state index contributed by atoms with van der Waals surface area (Å²) in [6.07, 6.45) is -0.458. The van der Waals surface area contributed by atoms with E-state index in [1.165, 1.54) is 0 Å². The number of carboxylic acids is 1. The van der Waals surface area contributed by atoms with E-state index >= 15 is 0 Å². The summed E-state index contributed by atoms with van der Waals surface area (Å²) in [6.45, 7) is 3.11. The second-order valence-electron chi connectivity index (χ2n) is 3.36. The first-order chi connectivity index (χ1) is 8.17. The van der Waals surface area contributed by atoms with Crippen molar-refractivity contribution < 1.29 is 37.6 Å². The van der Waals surface area contributed by atoms with Crippen LogP contribution >= 0.6 is 0 Å². The van der Waals surface area contributed by atoms with Crippen LogP contribution in [0.25, 0.3) is 0 Å². The van der Waals surface area contributed by atoms with Crippen molar-refractivity contribution in [2.75, 3.05) is 0 Å². The van der Waals surface area contributed by atoms with Gasteiger partial charge in [-0.1, -0.05) is 0 Å². The summed E-state index contributed by atoms with van der Waals surface area (Å²) < 4.78 is 14.3. The molecule has 0 saturated carbocycles. The van der Waals surface area contributed by atoms with Crippen LogP contribution in [-0.4, -0.2) is 37.8 Å². The maximum absolute atomic E-state index is 10.9.